The van der Waals surface area contributed by atoms with Crippen molar-refractivity contribution in [3.05, 3.63) is 87.3 Å². The first-order valence-electron chi connectivity index (χ1n) is 9.20. The average molecular weight is 450 g/mol. The van der Waals surface area contributed by atoms with Gasteiger partial charge in [0.1, 0.15) is 22.9 Å². The van der Waals surface area contributed by atoms with Gasteiger partial charge in [0.25, 0.3) is 5.69 Å². The summed E-state index contributed by atoms with van der Waals surface area (Å²) in [5.74, 6) is 0.679. The zero-order valence-corrected chi connectivity index (χ0v) is 17.5. The van der Waals surface area contributed by atoms with Gasteiger partial charge in [0, 0.05) is 12.1 Å². The second kappa shape index (κ2) is 11.8. The maximum atomic E-state index is 12.2. The predicted octanol–water partition coefficient (Wildman–Crippen LogP) is 6.00. The number of alkyl halides is 2. The predicted molar refractivity (Wildman–Crippen MR) is 113 cm³/mol. The second-order valence-electron chi connectivity index (χ2n) is 6.19. The molecule has 1 atom stereocenters. The summed E-state index contributed by atoms with van der Waals surface area (Å²) in [6, 6.07) is 15.0. The molecule has 1 heterocycles. The maximum Gasteiger partial charge on any atom is 0.387 e. The van der Waals surface area contributed by atoms with Crippen molar-refractivity contribution in [2.24, 2.45) is 0 Å². The first-order chi connectivity index (χ1) is 14.8. The number of nitro benzene ring substituents is 1. The van der Waals surface area contributed by atoms with Crippen LogP contribution in [0.25, 0.3) is 0 Å². The van der Waals surface area contributed by atoms with Crippen LogP contribution in [0, 0.1) is 23.1 Å². The van der Waals surface area contributed by atoms with Crippen LogP contribution in [0.4, 0.5) is 20.3 Å². The largest absolute Gasteiger partial charge is 0.435 e. The summed E-state index contributed by atoms with van der Waals surface area (Å²) >= 11 is 6.17. The van der Waals surface area contributed by atoms with Crippen LogP contribution >= 0.6 is 11.6 Å². The summed E-state index contributed by atoms with van der Waals surface area (Å²) < 4.78 is 28.6. The van der Waals surface area contributed by atoms with E-state index in [0.29, 0.717) is 16.5 Å². The van der Waals surface area contributed by atoms with Gasteiger partial charge >= 0.3 is 6.61 Å². The highest BCUT2D eigenvalue weighted by Gasteiger charge is 2.14. The summed E-state index contributed by atoms with van der Waals surface area (Å²) in [6.07, 6.45) is 2.21. The number of anilines is 1. The van der Waals surface area contributed by atoms with Crippen LogP contribution in [-0.2, 0) is 0 Å². The summed E-state index contributed by atoms with van der Waals surface area (Å²) in [6.45, 7) is 0.976. The lowest BCUT2D eigenvalue weighted by atomic mass is 10.0. The van der Waals surface area contributed by atoms with Gasteiger partial charge < -0.3 is 10.1 Å². The van der Waals surface area contributed by atoms with Crippen molar-refractivity contribution in [1.29, 1.82) is 0 Å². The first kappa shape index (κ1) is 23.9. The van der Waals surface area contributed by atoms with E-state index in [2.05, 4.69) is 26.1 Å². The Bertz CT molecular complexity index is 976. The van der Waals surface area contributed by atoms with Crippen LogP contribution in [0.2, 0.25) is 5.02 Å². The molecule has 1 unspecified atom stereocenters. The lowest BCUT2D eigenvalue weighted by Gasteiger charge is -2.19. The molecule has 0 bridgehead atoms. The number of non-ortho nitro benzene ring substituents is 1. The fraction of sp³-hybridized carbons (Fsp3) is 0.238. The Morgan fingerprint density at radius 1 is 1.19 bits per heavy atom. The van der Waals surface area contributed by atoms with E-state index in [-0.39, 0.29) is 17.5 Å². The molecule has 163 valence electrons. The minimum atomic E-state index is -2.83. The first-order valence-corrected chi connectivity index (χ1v) is 9.58. The number of halogens is 3. The summed E-state index contributed by atoms with van der Waals surface area (Å²) in [4.78, 5) is 17.7. The van der Waals surface area contributed by atoms with Gasteiger partial charge in [0.2, 0.25) is 0 Å². The van der Waals surface area contributed by atoms with E-state index in [1.165, 1.54) is 42.7 Å². The number of hydrogen-bond acceptors (Lipinski definition) is 6. The van der Waals surface area contributed by atoms with Crippen LogP contribution in [0.5, 0.6) is 5.75 Å². The van der Waals surface area contributed by atoms with E-state index < -0.39 is 11.5 Å². The third-order valence-corrected chi connectivity index (χ3v) is 4.55. The Morgan fingerprint density at radius 3 is 2.35 bits per heavy atom. The number of nitrogens with zero attached hydrogens (tertiary/aromatic N) is 3. The topological polar surface area (TPSA) is 90.2 Å². The van der Waals surface area contributed by atoms with Gasteiger partial charge in [-0.3, -0.25) is 10.1 Å². The fourth-order valence-electron chi connectivity index (χ4n) is 2.53. The van der Waals surface area contributed by atoms with Gasteiger partial charge in [-0.15, -0.1) is 0 Å². The van der Waals surface area contributed by atoms with Crippen molar-refractivity contribution >= 4 is 23.1 Å². The molecule has 0 spiro atoms. The summed E-state index contributed by atoms with van der Waals surface area (Å²) in [5.41, 5.74) is 1.72. The van der Waals surface area contributed by atoms with Gasteiger partial charge in [0.05, 0.1) is 16.7 Å². The zero-order valence-electron chi connectivity index (χ0n) is 16.8. The molecule has 10 heteroatoms. The second-order valence-corrected chi connectivity index (χ2v) is 6.57. The molecule has 3 rings (SSSR count). The zero-order chi connectivity index (χ0) is 22.8. The standard InChI is InChI=1S/C15H16ClF2N3O.C6H4NO2/c1-3-12(21-14-13(16)9(2)19-8-20-14)10-4-6-11(7-5-10)22-15(17)18;8-7(9)6-4-2-1-3-5-6/h4-8,12,15H,3H2,1-2H3,(H,19,20,21);2-5H. The highest BCUT2D eigenvalue weighted by molar-refractivity contribution is 6.33. The van der Waals surface area contributed by atoms with Crippen LogP contribution in [0.3, 0.4) is 0 Å². The van der Waals surface area contributed by atoms with Crippen molar-refractivity contribution in [3.63, 3.8) is 0 Å². The molecule has 0 amide bonds. The molecular formula is C21H20ClF2N4O3. The number of rotatable bonds is 7. The molecule has 7 nitrogen and oxygen atoms in total. The number of nitro groups is 1. The molecule has 1 radical (unpaired) electrons. The van der Waals surface area contributed by atoms with Crippen molar-refractivity contribution in [2.75, 3.05) is 5.32 Å². The van der Waals surface area contributed by atoms with E-state index in [4.69, 9.17) is 11.6 Å². The number of benzene rings is 2. The molecule has 0 fully saturated rings. The molecule has 0 aliphatic heterocycles. The van der Waals surface area contributed by atoms with E-state index in [9.17, 15) is 18.9 Å². The molecule has 1 N–H and O–H groups in total. The highest BCUT2D eigenvalue weighted by Crippen LogP contribution is 2.28. The normalized spacial score (nSPS) is 11.3. The molecule has 0 saturated carbocycles. The van der Waals surface area contributed by atoms with Crippen molar-refractivity contribution in [1.82, 2.24) is 9.97 Å². The summed E-state index contributed by atoms with van der Waals surface area (Å²) in [7, 11) is 0. The molecule has 2 aromatic carbocycles. The molecule has 31 heavy (non-hydrogen) atoms. The summed E-state index contributed by atoms with van der Waals surface area (Å²) in [5, 5.41) is 13.7. The van der Waals surface area contributed by atoms with Crippen molar-refractivity contribution in [3.8, 4) is 5.75 Å². The molecule has 0 aliphatic carbocycles. The Kier molecular flexibility index (Phi) is 9.08. The Hall–Kier alpha value is -3.33. The molecule has 0 aliphatic rings. The molecule has 1 aromatic heterocycles. The SMILES string of the molecule is CCC(Nc1ncnc(C)c1Cl)c1ccc(OC(F)F)cc1.O=[N+]([O-])c1cc[c]cc1. The van der Waals surface area contributed by atoms with Gasteiger partial charge in [-0.2, -0.15) is 8.78 Å². The molecular weight excluding hydrogens is 430 g/mol. The highest BCUT2D eigenvalue weighted by atomic mass is 35.5. The maximum absolute atomic E-state index is 12.2. The molecule has 3 aromatic rings. The monoisotopic (exact) mass is 449 g/mol. The number of ether oxygens (including phenoxy) is 1. The van der Waals surface area contributed by atoms with Crippen LogP contribution in [-0.4, -0.2) is 21.5 Å². The van der Waals surface area contributed by atoms with Gasteiger partial charge in [-0.25, -0.2) is 9.97 Å². The smallest absolute Gasteiger partial charge is 0.387 e. The van der Waals surface area contributed by atoms with Crippen molar-refractivity contribution < 1.29 is 18.4 Å². The Labute approximate surface area is 183 Å². The fourth-order valence-corrected chi connectivity index (χ4v) is 2.68. The van der Waals surface area contributed by atoms with Crippen LogP contribution in [0.1, 0.15) is 30.6 Å². The number of aryl methyl sites for hydroxylation is 1. The van der Waals surface area contributed by atoms with Crippen molar-refractivity contribution in [2.45, 2.75) is 32.9 Å². The Balaban J connectivity index is 0.000000316. The van der Waals surface area contributed by atoms with E-state index in [1.54, 1.807) is 19.1 Å². The van der Waals surface area contributed by atoms with Crippen LogP contribution in [0.15, 0.2) is 54.9 Å². The lowest BCUT2D eigenvalue weighted by molar-refractivity contribution is -0.384. The van der Waals surface area contributed by atoms with E-state index in [0.717, 1.165) is 12.0 Å². The minimum absolute atomic E-state index is 0.0487. The number of nitrogens with one attached hydrogen (secondary N) is 1. The third kappa shape index (κ3) is 7.45. The number of aromatic nitrogens is 2. The third-order valence-electron chi connectivity index (χ3n) is 4.10. The van der Waals surface area contributed by atoms with Gasteiger partial charge in [0.15, 0.2) is 0 Å². The lowest BCUT2D eigenvalue weighted by Crippen LogP contribution is -2.12. The molecule has 0 saturated heterocycles. The minimum Gasteiger partial charge on any atom is -0.435 e. The quantitative estimate of drug-likeness (QED) is 0.351. The van der Waals surface area contributed by atoms with Crippen LogP contribution < -0.4 is 10.1 Å². The van der Waals surface area contributed by atoms with E-state index in [1.807, 2.05) is 6.92 Å². The average Bonchev–Trinajstić information content (AvgIpc) is 2.76. The van der Waals surface area contributed by atoms with E-state index >= 15 is 0 Å². The van der Waals surface area contributed by atoms with Gasteiger partial charge in [-0.1, -0.05) is 30.7 Å². The number of hydrogen-bond donors (Lipinski definition) is 1. The van der Waals surface area contributed by atoms with Gasteiger partial charge in [-0.05, 0) is 49.2 Å². The Morgan fingerprint density at radius 2 is 1.84 bits per heavy atom.